The van der Waals surface area contributed by atoms with Crippen molar-refractivity contribution in [3.8, 4) is 0 Å². The number of esters is 1. The molecule has 0 aromatic rings. The maximum atomic E-state index is 12.0. The third-order valence-corrected chi connectivity index (χ3v) is 4.66. The molecule has 0 aliphatic rings. The first-order valence-corrected chi connectivity index (χ1v) is 9.17. The van der Waals surface area contributed by atoms with Crippen molar-refractivity contribution in [2.24, 2.45) is 10.8 Å². The smallest absolute Gasteiger partial charge is 0.306 e. The van der Waals surface area contributed by atoms with Gasteiger partial charge in [-0.15, -0.1) is 0 Å². The van der Waals surface area contributed by atoms with Gasteiger partial charge in [-0.1, -0.05) is 27.7 Å². The minimum absolute atomic E-state index is 0.0509. The van der Waals surface area contributed by atoms with Gasteiger partial charge in [0.05, 0.1) is 20.1 Å². The largest absolute Gasteiger partial charge is 0.469 e. The summed E-state index contributed by atoms with van der Waals surface area (Å²) in [6, 6.07) is 0. The van der Waals surface area contributed by atoms with E-state index in [9.17, 15) is 19.2 Å². The van der Waals surface area contributed by atoms with E-state index in [0.717, 1.165) is 0 Å². The molecule has 6 nitrogen and oxygen atoms in total. The van der Waals surface area contributed by atoms with Crippen LogP contribution in [-0.4, -0.2) is 37.7 Å². The standard InChI is InChI=1S/C20H34O6/c1-19(2,12-13-26-15-21)10-8-16(22)6-7-17(23)9-11-20(3,4)14-18(24)25-5/h15H,6-14H2,1-5H3. The molecule has 0 bridgehead atoms. The Balaban J connectivity index is 4.06. The molecule has 0 aromatic carbocycles. The second-order valence-electron chi connectivity index (χ2n) is 8.38. The molecular weight excluding hydrogens is 336 g/mol. The summed E-state index contributed by atoms with van der Waals surface area (Å²) in [7, 11) is 1.35. The zero-order valence-corrected chi connectivity index (χ0v) is 16.9. The van der Waals surface area contributed by atoms with Gasteiger partial charge in [-0.25, -0.2) is 0 Å². The Kier molecular flexibility index (Phi) is 11.0. The molecule has 0 amide bonds. The number of hydrogen-bond acceptors (Lipinski definition) is 6. The molecule has 0 aliphatic heterocycles. The van der Waals surface area contributed by atoms with E-state index in [1.807, 2.05) is 27.7 Å². The highest BCUT2D eigenvalue weighted by atomic mass is 16.5. The quantitative estimate of drug-likeness (QED) is 0.248. The van der Waals surface area contributed by atoms with E-state index < -0.39 is 0 Å². The molecule has 0 aromatic heterocycles. The summed E-state index contributed by atoms with van der Waals surface area (Å²) in [5.41, 5.74) is -0.374. The molecule has 26 heavy (non-hydrogen) atoms. The molecule has 0 radical (unpaired) electrons. The fourth-order valence-corrected chi connectivity index (χ4v) is 2.54. The first kappa shape index (κ1) is 24.3. The van der Waals surface area contributed by atoms with Gasteiger partial charge in [-0.05, 0) is 30.1 Å². The number of methoxy groups -OCH3 is 1. The summed E-state index contributed by atoms with van der Waals surface area (Å²) in [4.78, 5) is 45.5. The van der Waals surface area contributed by atoms with Crippen molar-refractivity contribution in [2.45, 2.75) is 79.1 Å². The molecule has 0 rings (SSSR count). The predicted octanol–water partition coefficient (Wildman–Crippen LogP) is 3.64. The van der Waals surface area contributed by atoms with Crippen LogP contribution in [0, 0.1) is 10.8 Å². The van der Waals surface area contributed by atoms with Gasteiger partial charge in [0.1, 0.15) is 11.6 Å². The maximum Gasteiger partial charge on any atom is 0.306 e. The summed E-state index contributed by atoms with van der Waals surface area (Å²) in [6.45, 7) is 8.70. The van der Waals surface area contributed by atoms with Gasteiger partial charge >= 0.3 is 5.97 Å². The molecule has 0 saturated carbocycles. The summed E-state index contributed by atoms with van der Waals surface area (Å²) in [5.74, 6) is -0.148. The van der Waals surface area contributed by atoms with Crippen molar-refractivity contribution in [1.29, 1.82) is 0 Å². The molecule has 0 fully saturated rings. The Labute approximate surface area is 157 Å². The number of carbonyl (C=O) groups excluding carboxylic acids is 4. The molecule has 0 aliphatic carbocycles. The Morgan fingerprint density at radius 1 is 0.808 bits per heavy atom. The minimum atomic E-state index is -0.291. The van der Waals surface area contributed by atoms with Crippen LogP contribution >= 0.6 is 0 Å². The Bertz CT molecular complexity index is 479. The average molecular weight is 370 g/mol. The van der Waals surface area contributed by atoms with Crippen LogP contribution < -0.4 is 0 Å². The number of hydrogen-bond donors (Lipinski definition) is 0. The fraction of sp³-hybridized carbons (Fsp3) is 0.800. The second kappa shape index (κ2) is 11.8. The van der Waals surface area contributed by atoms with E-state index in [2.05, 4.69) is 4.74 Å². The van der Waals surface area contributed by atoms with E-state index in [-0.39, 0.29) is 47.6 Å². The zero-order chi connectivity index (χ0) is 20.2. The topological polar surface area (TPSA) is 86.7 Å². The van der Waals surface area contributed by atoms with E-state index in [1.54, 1.807) is 0 Å². The summed E-state index contributed by atoms with van der Waals surface area (Å²) in [6.07, 6.45) is 3.58. The third kappa shape index (κ3) is 12.6. The van der Waals surface area contributed by atoms with Crippen LogP contribution in [0.1, 0.15) is 79.1 Å². The third-order valence-electron chi connectivity index (χ3n) is 4.66. The van der Waals surface area contributed by atoms with E-state index in [1.165, 1.54) is 7.11 Å². The molecule has 0 N–H and O–H groups in total. The number of rotatable bonds is 15. The van der Waals surface area contributed by atoms with Crippen LogP contribution in [0.2, 0.25) is 0 Å². The molecule has 0 unspecified atom stereocenters. The van der Waals surface area contributed by atoms with Crippen LogP contribution in [0.15, 0.2) is 0 Å². The number of carbonyl (C=O) groups is 4. The highest BCUT2D eigenvalue weighted by Crippen LogP contribution is 2.28. The van der Waals surface area contributed by atoms with Crippen LogP contribution in [0.5, 0.6) is 0 Å². The van der Waals surface area contributed by atoms with Crippen molar-refractivity contribution >= 4 is 24.0 Å². The van der Waals surface area contributed by atoms with E-state index in [4.69, 9.17) is 4.74 Å². The van der Waals surface area contributed by atoms with Gasteiger partial charge in [0.2, 0.25) is 0 Å². The molecule has 6 heteroatoms. The normalized spacial score (nSPS) is 11.7. The maximum absolute atomic E-state index is 12.0. The lowest BCUT2D eigenvalue weighted by Crippen LogP contribution is -2.19. The van der Waals surface area contributed by atoms with E-state index in [0.29, 0.717) is 45.2 Å². The first-order chi connectivity index (χ1) is 12.0. The molecule has 0 heterocycles. The molecule has 0 atom stereocenters. The second-order valence-corrected chi connectivity index (χ2v) is 8.38. The lowest BCUT2D eigenvalue weighted by atomic mass is 9.82. The molecular formula is C20H34O6. The van der Waals surface area contributed by atoms with Crippen molar-refractivity contribution < 1.29 is 28.7 Å². The van der Waals surface area contributed by atoms with Crippen LogP contribution in [0.3, 0.4) is 0 Å². The number of ketones is 2. The monoisotopic (exact) mass is 370 g/mol. The van der Waals surface area contributed by atoms with Gasteiger partial charge in [0.15, 0.2) is 0 Å². The number of Topliss-reactive ketones (excluding diaryl/α,β-unsaturated/α-hetero) is 2. The van der Waals surface area contributed by atoms with Crippen LogP contribution in [0.25, 0.3) is 0 Å². The summed E-state index contributed by atoms with van der Waals surface area (Å²) in [5, 5.41) is 0. The van der Waals surface area contributed by atoms with Crippen LogP contribution in [0.4, 0.5) is 0 Å². The Morgan fingerprint density at radius 2 is 1.31 bits per heavy atom. The van der Waals surface area contributed by atoms with Gasteiger partial charge in [0.25, 0.3) is 6.47 Å². The van der Waals surface area contributed by atoms with Crippen LogP contribution in [-0.2, 0) is 28.7 Å². The molecule has 0 saturated heterocycles. The average Bonchev–Trinajstić information content (AvgIpc) is 2.56. The summed E-state index contributed by atoms with van der Waals surface area (Å²) >= 11 is 0. The van der Waals surface area contributed by atoms with Gasteiger partial charge in [-0.3, -0.25) is 19.2 Å². The molecule has 150 valence electrons. The highest BCUT2D eigenvalue weighted by Gasteiger charge is 2.24. The van der Waals surface area contributed by atoms with Gasteiger partial charge in [-0.2, -0.15) is 0 Å². The number of ether oxygens (including phenoxy) is 2. The van der Waals surface area contributed by atoms with Crippen molar-refractivity contribution in [1.82, 2.24) is 0 Å². The van der Waals surface area contributed by atoms with E-state index >= 15 is 0 Å². The molecule has 0 spiro atoms. The first-order valence-electron chi connectivity index (χ1n) is 9.17. The summed E-state index contributed by atoms with van der Waals surface area (Å²) < 4.78 is 9.36. The lowest BCUT2D eigenvalue weighted by Gasteiger charge is -2.23. The SMILES string of the molecule is COC(=O)CC(C)(C)CCC(=O)CCC(=O)CCC(C)(C)CCOC=O. The minimum Gasteiger partial charge on any atom is -0.469 e. The fourth-order valence-electron chi connectivity index (χ4n) is 2.54. The van der Waals surface area contributed by atoms with Crippen molar-refractivity contribution in [3.05, 3.63) is 0 Å². The predicted molar refractivity (Wildman–Crippen MR) is 98.5 cm³/mol. The van der Waals surface area contributed by atoms with Gasteiger partial charge in [0, 0.05) is 25.7 Å². The Hall–Kier alpha value is -1.72. The lowest BCUT2D eigenvalue weighted by molar-refractivity contribution is -0.143. The Morgan fingerprint density at radius 3 is 1.77 bits per heavy atom. The van der Waals surface area contributed by atoms with Crippen molar-refractivity contribution in [2.75, 3.05) is 13.7 Å². The van der Waals surface area contributed by atoms with Gasteiger partial charge < -0.3 is 9.47 Å². The zero-order valence-electron chi connectivity index (χ0n) is 16.9. The van der Waals surface area contributed by atoms with Crippen molar-refractivity contribution in [3.63, 3.8) is 0 Å². The highest BCUT2D eigenvalue weighted by molar-refractivity contribution is 5.86.